The van der Waals surface area contributed by atoms with E-state index in [4.69, 9.17) is 14.4 Å². The highest BCUT2D eigenvalue weighted by atomic mass is 16.3. The zero-order valence-corrected chi connectivity index (χ0v) is 32.8. The molecule has 0 aliphatic rings. The third-order valence-corrected chi connectivity index (χ3v) is 12.3. The number of aromatic nitrogens is 4. The van der Waals surface area contributed by atoms with Crippen molar-refractivity contribution >= 4 is 76.5 Å². The molecule has 5 nitrogen and oxygen atoms in total. The Morgan fingerprint density at radius 1 is 0.344 bits per heavy atom. The van der Waals surface area contributed by atoms with Crippen molar-refractivity contribution in [2.45, 2.75) is 0 Å². The molecule has 5 heteroatoms. The third kappa shape index (κ3) is 5.08. The summed E-state index contributed by atoms with van der Waals surface area (Å²) in [5, 5.41) is 7.90. The van der Waals surface area contributed by atoms with Crippen molar-refractivity contribution in [1.82, 2.24) is 19.1 Å². The van der Waals surface area contributed by atoms with E-state index in [0.717, 1.165) is 93.9 Å². The van der Waals surface area contributed by atoms with Crippen LogP contribution in [-0.2, 0) is 0 Å². The van der Waals surface area contributed by atoms with Crippen molar-refractivity contribution in [2.24, 2.45) is 0 Å². The minimum atomic E-state index is 0.687. The molecule has 0 fully saturated rings. The first-order valence-corrected chi connectivity index (χ1v) is 20.7. The van der Waals surface area contributed by atoms with Gasteiger partial charge in [-0.25, -0.2) is 9.97 Å². The highest BCUT2D eigenvalue weighted by Gasteiger charge is 2.24. The molecule has 13 rings (SSSR count). The fourth-order valence-electron chi connectivity index (χ4n) is 9.57. The second-order valence-corrected chi connectivity index (χ2v) is 15.7. The summed E-state index contributed by atoms with van der Waals surface area (Å²) in [6.45, 7) is 0. The molecule has 61 heavy (non-hydrogen) atoms. The molecule has 0 saturated carbocycles. The number of hydrogen-bond donors (Lipinski definition) is 0. The number of hydrogen-bond acceptors (Lipinski definition) is 3. The largest absolute Gasteiger partial charge is 0.454 e. The molecule has 0 aliphatic heterocycles. The second kappa shape index (κ2) is 13.1. The van der Waals surface area contributed by atoms with Crippen LogP contribution in [-0.4, -0.2) is 19.1 Å². The van der Waals surface area contributed by atoms with Gasteiger partial charge in [-0.05, 0) is 71.8 Å². The lowest BCUT2D eigenvalue weighted by Crippen LogP contribution is -1.99. The molecule has 284 valence electrons. The summed E-state index contributed by atoms with van der Waals surface area (Å²) in [6.07, 6.45) is 0. The molecule has 13 aromatic rings. The van der Waals surface area contributed by atoms with Crippen LogP contribution < -0.4 is 0 Å². The van der Waals surface area contributed by atoms with Crippen LogP contribution in [0, 0.1) is 0 Å². The van der Waals surface area contributed by atoms with E-state index >= 15 is 0 Å². The number of nitrogens with zero attached hydrogens (tertiary/aromatic N) is 4. The van der Waals surface area contributed by atoms with Crippen LogP contribution >= 0.6 is 0 Å². The Hall–Kier alpha value is -8.28. The van der Waals surface area contributed by atoms with Crippen molar-refractivity contribution in [3.05, 3.63) is 206 Å². The van der Waals surface area contributed by atoms with E-state index in [1.54, 1.807) is 0 Å². The quantitative estimate of drug-likeness (QED) is 0.175. The van der Waals surface area contributed by atoms with Gasteiger partial charge in [-0.15, -0.1) is 0 Å². The van der Waals surface area contributed by atoms with Crippen LogP contribution in [0.4, 0.5) is 0 Å². The molecule has 0 bridgehead atoms. The van der Waals surface area contributed by atoms with Crippen molar-refractivity contribution < 1.29 is 4.42 Å². The zero-order chi connectivity index (χ0) is 40.0. The molecular weight excluding hydrogens is 745 g/mol. The number of rotatable bonds is 5. The van der Waals surface area contributed by atoms with E-state index < -0.39 is 0 Å². The molecule has 0 amide bonds. The van der Waals surface area contributed by atoms with Gasteiger partial charge in [0.15, 0.2) is 11.4 Å². The number of benzene rings is 9. The van der Waals surface area contributed by atoms with Crippen LogP contribution in [0.25, 0.3) is 122 Å². The van der Waals surface area contributed by atoms with Crippen LogP contribution in [0.15, 0.2) is 211 Å². The second-order valence-electron chi connectivity index (χ2n) is 15.7. The van der Waals surface area contributed by atoms with Gasteiger partial charge in [0.25, 0.3) is 0 Å². The summed E-state index contributed by atoms with van der Waals surface area (Å²) in [5.41, 5.74) is 14.5. The summed E-state index contributed by atoms with van der Waals surface area (Å²) in [5.74, 6) is 0.687. The fraction of sp³-hybridized carbons (Fsp3) is 0. The van der Waals surface area contributed by atoms with E-state index in [0.29, 0.717) is 5.82 Å². The smallest absolute Gasteiger partial charge is 0.160 e. The van der Waals surface area contributed by atoms with Gasteiger partial charge in [0, 0.05) is 60.2 Å². The Balaban J connectivity index is 1.12. The lowest BCUT2D eigenvalue weighted by atomic mass is 10.1. The first kappa shape index (κ1) is 33.7. The van der Waals surface area contributed by atoms with E-state index in [2.05, 4.69) is 191 Å². The van der Waals surface area contributed by atoms with Gasteiger partial charge in [-0.2, -0.15) is 0 Å². The molecule has 0 N–H and O–H groups in total. The molecule has 0 unspecified atom stereocenters. The monoisotopic (exact) mass is 778 g/mol. The normalized spacial score (nSPS) is 11.9. The number of fused-ring (bicyclic) bond motifs is 12. The maximum absolute atomic E-state index is 6.85. The van der Waals surface area contributed by atoms with Gasteiger partial charge in [-0.1, -0.05) is 146 Å². The Morgan fingerprint density at radius 3 is 1.75 bits per heavy atom. The first-order chi connectivity index (χ1) is 30.3. The summed E-state index contributed by atoms with van der Waals surface area (Å²) >= 11 is 0. The summed E-state index contributed by atoms with van der Waals surface area (Å²) in [6, 6.07) is 73.1. The highest BCUT2D eigenvalue weighted by Crippen LogP contribution is 2.45. The van der Waals surface area contributed by atoms with Crippen molar-refractivity contribution in [3.63, 3.8) is 0 Å². The Morgan fingerprint density at radius 2 is 0.951 bits per heavy atom. The zero-order valence-electron chi connectivity index (χ0n) is 32.8. The van der Waals surface area contributed by atoms with Crippen LogP contribution in [0.1, 0.15) is 0 Å². The predicted molar refractivity (Wildman–Crippen MR) is 252 cm³/mol. The molecule has 0 spiro atoms. The van der Waals surface area contributed by atoms with Gasteiger partial charge in [0.05, 0.1) is 33.3 Å². The van der Waals surface area contributed by atoms with E-state index in [-0.39, 0.29) is 0 Å². The number of furan rings is 1. The van der Waals surface area contributed by atoms with Gasteiger partial charge in [0.2, 0.25) is 0 Å². The predicted octanol–water partition coefficient (Wildman–Crippen LogP) is 14.7. The molecule has 0 aliphatic carbocycles. The number of para-hydroxylation sites is 3. The van der Waals surface area contributed by atoms with E-state index in [9.17, 15) is 0 Å². The Kier molecular flexibility index (Phi) is 7.24. The first-order valence-electron chi connectivity index (χ1n) is 20.7. The van der Waals surface area contributed by atoms with Gasteiger partial charge >= 0.3 is 0 Å². The minimum absolute atomic E-state index is 0.687. The average Bonchev–Trinajstić information content (AvgIpc) is 4.00. The highest BCUT2D eigenvalue weighted by molar-refractivity contribution is 6.27. The third-order valence-electron chi connectivity index (χ3n) is 12.3. The Labute approximate surface area is 350 Å². The van der Waals surface area contributed by atoms with Crippen molar-refractivity contribution in [2.75, 3.05) is 0 Å². The van der Waals surface area contributed by atoms with Crippen LogP contribution in [0.2, 0.25) is 0 Å². The topological polar surface area (TPSA) is 48.8 Å². The van der Waals surface area contributed by atoms with Crippen LogP contribution in [0.3, 0.4) is 0 Å². The van der Waals surface area contributed by atoms with Crippen molar-refractivity contribution in [3.8, 4) is 45.1 Å². The molecule has 4 heterocycles. The molecule has 4 aromatic heterocycles. The summed E-state index contributed by atoms with van der Waals surface area (Å²) in [4.78, 5) is 10.3. The molecule has 9 aromatic carbocycles. The van der Waals surface area contributed by atoms with Gasteiger partial charge in [-0.3, -0.25) is 0 Å². The molecule has 0 saturated heterocycles. The SMILES string of the molecule is c1ccc(-c2cccc(-n3c4ccccc4c4ccc5c6ccc7c8ccccc8oc7c6n(-c6ccc(-c7nc(-c8ccccc8)c8ccccc8n7)cc6)c5c43)c2)cc1. The summed E-state index contributed by atoms with van der Waals surface area (Å²) < 4.78 is 11.7. The van der Waals surface area contributed by atoms with Crippen molar-refractivity contribution in [1.29, 1.82) is 0 Å². The maximum Gasteiger partial charge on any atom is 0.160 e. The van der Waals surface area contributed by atoms with Gasteiger partial charge in [0.1, 0.15) is 5.58 Å². The fourth-order valence-corrected chi connectivity index (χ4v) is 9.57. The Bertz CT molecular complexity index is 3860. The molecule has 0 atom stereocenters. The maximum atomic E-state index is 6.85. The lowest BCUT2D eigenvalue weighted by molar-refractivity contribution is 0.671. The lowest BCUT2D eigenvalue weighted by Gasteiger charge is -2.14. The molecule has 0 radical (unpaired) electrons. The van der Waals surface area contributed by atoms with Crippen LogP contribution in [0.5, 0.6) is 0 Å². The van der Waals surface area contributed by atoms with E-state index in [1.165, 1.54) is 21.9 Å². The molecular formula is C56H34N4O. The van der Waals surface area contributed by atoms with E-state index in [1.807, 2.05) is 24.3 Å². The van der Waals surface area contributed by atoms with Gasteiger partial charge < -0.3 is 13.6 Å². The minimum Gasteiger partial charge on any atom is -0.454 e. The average molecular weight is 779 g/mol. The summed E-state index contributed by atoms with van der Waals surface area (Å²) in [7, 11) is 0. The standard InChI is InChI=1S/C56H34N4O/c1-3-14-35(15-4-1)38-18-13-19-40(34-38)59-49-24-11-8-20-41(49)43-30-31-44-45-32-33-46-42-21-9-12-25-50(42)61-55(46)54(45)60(53(44)52(43)59)39-28-26-37(27-29-39)56-57-48-23-10-7-22-47(48)51(58-56)36-16-5-2-6-17-36/h1-34H.